The molecule has 0 aliphatic heterocycles. The number of nitrogens with zero attached hydrogens (tertiary/aromatic N) is 1. The first-order valence-corrected chi connectivity index (χ1v) is 3.74. The fraction of sp³-hybridized carbons (Fsp3) is 0.125. The van der Waals surface area contributed by atoms with Crippen molar-refractivity contribution in [3.05, 3.63) is 29.2 Å². The van der Waals surface area contributed by atoms with E-state index in [1.807, 2.05) is 13.0 Å². The lowest BCUT2D eigenvalue weighted by Crippen LogP contribution is -1.68. The Morgan fingerprint density at radius 3 is 3.09 bits per heavy atom. The molecule has 0 radical (unpaired) electrons. The summed E-state index contributed by atoms with van der Waals surface area (Å²) in [4.78, 5) is 7.14. The van der Waals surface area contributed by atoms with Crippen molar-refractivity contribution >= 4 is 22.5 Å². The van der Waals surface area contributed by atoms with E-state index in [4.69, 9.17) is 11.6 Å². The maximum atomic E-state index is 5.97. The summed E-state index contributed by atoms with van der Waals surface area (Å²) in [6, 6.07) is 1.91. The average Bonchev–Trinajstić information content (AvgIpc) is 2.30. The van der Waals surface area contributed by atoms with Gasteiger partial charge in [0.1, 0.15) is 0 Å². The van der Waals surface area contributed by atoms with Crippen molar-refractivity contribution in [3.8, 4) is 0 Å². The van der Waals surface area contributed by atoms with Crippen LogP contribution in [0.15, 0.2) is 18.5 Å². The molecule has 0 bridgehead atoms. The lowest BCUT2D eigenvalue weighted by Gasteiger charge is -1.85. The van der Waals surface area contributed by atoms with Crippen molar-refractivity contribution in [2.24, 2.45) is 0 Å². The highest BCUT2D eigenvalue weighted by atomic mass is 35.5. The number of aromatic nitrogens is 2. The summed E-state index contributed by atoms with van der Waals surface area (Å²) in [5, 5.41) is 1.76. The van der Waals surface area contributed by atoms with Crippen LogP contribution in [0.4, 0.5) is 0 Å². The second-order valence-electron chi connectivity index (χ2n) is 2.49. The van der Waals surface area contributed by atoms with Gasteiger partial charge in [0, 0.05) is 23.5 Å². The first-order chi connectivity index (χ1) is 5.29. The second-order valence-corrected chi connectivity index (χ2v) is 2.86. The van der Waals surface area contributed by atoms with Gasteiger partial charge in [-0.3, -0.25) is 4.98 Å². The molecular formula is C8H7ClN2. The Bertz CT molecular complexity index is 392. The van der Waals surface area contributed by atoms with E-state index in [0.717, 1.165) is 21.6 Å². The standard InChI is InChI=1S/C8H7ClN2/c1-5-8(9)6-4-10-3-2-7(6)11-5/h2-4,11H,1H3. The van der Waals surface area contributed by atoms with Crippen molar-refractivity contribution in [1.82, 2.24) is 9.97 Å². The largest absolute Gasteiger partial charge is 0.357 e. The van der Waals surface area contributed by atoms with Gasteiger partial charge in [-0.1, -0.05) is 11.6 Å². The minimum absolute atomic E-state index is 0.771. The second kappa shape index (κ2) is 2.24. The van der Waals surface area contributed by atoms with Gasteiger partial charge in [0.05, 0.1) is 10.5 Å². The molecule has 2 rings (SSSR count). The van der Waals surface area contributed by atoms with Gasteiger partial charge >= 0.3 is 0 Å². The van der Waals surface area contributed by atoms with Crippen molar-refractivity contribution in [3.63, 3.8) is 0 Å². The normalized spacial score (nSPS) is 10.7. The zero-order valence-electron chi connectivity index (χ0n) is 6.06. The van der Waals surface area contributed by atoms with E-state index in [0.29, 0.717) is 0 Å². The molecule has 0 aliphatic rings. The zero-order valence-corrected chi connectivity index (χ0v) is 6.81. The third-order valence-electron chi connectivity index (χ3n) is 1.71. The highest BCUT2D eigenvalue weighted by Crippen LogP contribution is 2.25. The molecule has 0 saturated heterocycles. The molecule has 0 atom stereocenters. The van der Waals surface area contributed by atoms with Crippen LogP contribution in [0, 0.1) is 6.92 Å². The monoisotopic (exact) mass is 166 g/mol. The Kier molecular flexibility index (Phi) is 1.36. The van der Waals surface area contributed by atoms with E-state index in [1.165, 1.54) is 0 Å². The summed E-state index contributed by atoms with van der Waals surface area (Å²) in [5.74, 6) is 0. The predicted molar refractivity (Wildman–Crippen MR) is 45.8 cm³/mol. The molecule has 1 N–H and O–H groups in total. The summed E-state index contributed by atoms with van der Waals surface area (Å²) < 4.78 is 0. The van der Waals surface area contributed by atoms with Gasteiger partial charge in [0.25, 0.3) is 0 Å². The molecule has 0 aromatic carbocycles. The molecule has 0 saturated carbocycles. The van der Waals surface area contributed by atoms with Crippen molar-refractivity contribution < 1.29 is 0 Å². The zero-order chi connectivity index (χ0) is 7.84. The lowest BCUT2D eigenvalue weighted by molar-refractivity contribution is 1.29. The van der Waals surface area contributed by atoms with Crippen LogP contribution in [-0.4, -0.2) is 9.97 Å². The van der Waals surface area contributed by atoms with E-state index in [2.05, 4.69) is 9.97 Å². The van der Waals surface area contributed by atoms with Gasteiger partial charge in [-0.2, -0.15) is 0 Å². The highest BCUT2D eigenvalue weighted by molar-refractivity contribution is 6.36. The molecule has 3 heteroatoms. The molecule has 2 nitrogen and oxygen atoms in total. The Morgan fingerprint density at radius 1 is 1.55 bits per heavy atom. The molecular weight excluding hydrogens is 160 g/mol. The number of rotatable bonds is 0. The number of nitrogens with one attached hydrogen (secondary N) is 1. The van der Waals surface area contributed by atoms with E-state index in [1.54, 1.807) is 12.4 Å². The number of pyridine rings is 1. The van der Waals surface area contributed by atoms with Gasteiger partial charge in [0.15, 0.2) is 0 Å². The van der Waals surface area contributed by atoms with Crippen LogP contribution < -0.4 is 0 Å². The van der Waals surface area contributed by atoms with Crippen molar-refractivity contribution in [2.45, 2.75) is 6.92 Å². The molecule has 56 valence electrons. The van der Waals surface area contributed by atoms with Crippen LogP contribution in [0.25, 0.3) is 10.9 Å². The van der Waals surface area contributed by atoms with Gasteiger partial charge in [0.2, 0.25) is 0 Å². The Morgan fingerprint density at radius 2 is 2.36 bits per heavy atom. The SMILES string of the molecule is Cc1[nH]c2ccncc2c1Cl. The lowest BCUT2D eigenvalue weighted by atomic mass is 10.3. The van der Waals surface area contributed by atoms with Crippen LogP contribution in [-0.2, 0) is 0 Å². The Balaban J connectivity index is 2.92. The molecule has 0 amide bonds. The summed E-state index contributed by atoms with van der Waals surface area (Å²) >= 11 is 5.97. The van der Waals surface area contributed by atoms with E-state index in [9.17, 15) is 0 Å². The van der Waals surface area contributed by atoms with Crippen LogP contribution >= 0.6 is 11.6 Å². The number of hydrogen-bond donors (Lipinski definition) is 1. The first-order valence-electron chi connectivity index (χ1n) is 3.37. The molecule has 11 heavy (non-hydrogen) atoms. The Labute approximate surface area is 69.2 Å². The number of hydrogen-bond acceptors (Lipinski definition) is 1. The number of fused-ring (bicyclic) bond motifs is 1. The van der Waals surface area contributed by atoms with Crippen LogP contribution in [0.2, 0.25) is 5.02 Å². The number of halogens is 1. The van der Waals surface area contributed by atoms with Crippen molar-refractivity contribution in [1.29, 1.82) is 0 Å². The average molecular weight is 167 g/mol. The molecule has 0 spiro atoms. The maximum Gasteiger partial charge on any atom is 0.0704 e. The van der Waals surface area contributed by atoms with E-state index in [-0.39, 0.29) is 0 Å². The summed E-state index contributed by atoms with van der Waals surface area (Å²) in [7, 11) is 0. The van der Waals surface area contributed by atoms with Crippen LogP contribution in [0.5, 0.6) is 0 Å². The number of H-pyrrole nitrogens is 1. The molecule has 0 unspecified atom stereocenters. The third-order valence-corrected chi connectivity index (χ3v) is 2.20. The third kappa shape index (κ3) is 0.906. The number of aromatic amines is 1. The minimum Gasteiger partial charge on any atom is -0.357 e. The van der Waals surface area contributed by atoms with Crippen LogP contribution in [0.3, 0.4) is 0 Å². The fourth-order valence-electron chi connectivity index (χ4n) is 1.14. The molecule has 2 aromatic heterocycles. The van der Waals surface area contributed by atoms with Gasteiger partial charge in [-0.05, 0) is 13.0 Å². The van der Waals surface area contributed by atoms with E-state index < -0.39 is 0 Å². The quantitative estimate of drug-likeness (QED) is 0.640. The molecule has 2 heterocycles. The van der Waals surface area contributed by atoms with E-state index >= 15 is 0 Å². The van der Waals surface area contributed by atoms with Gasteiger partial charge in [-0.25, -0.2) is 0 Å². The summed E-state index contributed by atoms with van der Waals surface area (Å²) in [5.41, 5.74) is 2.04. The topological polar surface area (TPSA) is 28.7 Å². The molecule has 0 fully saturated rings. The maximum absolute atomic E-state index is 5.97. The predicted octanol–water partition coefficient (Wildman–Crippen LogP) is 2.52. The van der Waals surface area contributed by atoms with Crippen LogP contribution in [0.1, 0.15) is 5.69 Å². The summed E-state index contributed by atoms with van der Waals surface area (Å²) in [6.07, 6.45) is 3.51. The minimum atomic E-state index is 0.771. The summed E-state index contributed by atoms with van der Waals surface area (Å²) in [6.45, 7) is 1.95. The fourth-order valence-corrected chi connectivity index (χ4v) is 1.34. The Hall–Kier alpha value is -1.02. The molecule has 2 aromatic rings. The first kappa shape index (κ1) is 6.68. The van der Waals surface area contributed by atoms with Gasteiger partial charge in [-0.15, -0.1) is 0 Å². The van der Waals surface area contributed by atoms with Gasteiger partial charge < -0.3 is 4.98 Å². The molecule has 0 aliphatic carbocycles. The highest BCUT2D eigenvalue weighted by Gasteiger charge is 2.03. The van der Waals surface area contributed by atoms with Crippen molar-refractivity contribution in [2.75, 3.05) is 0 Å². The smallest absolute Gasteiger partial charge is 0.0704 e. The number of aryl methyl sites for hydroxylation is 1.